The summed E-state index contributed by atoms with van der Waals surface area (Å²) in [6.45, 7) is 5.68. The van der Waals surface area contributed by atoms with Crippen molar-refractivity contribution in [2.45, 2.75) is 32.3 Å². The summed E-state index contributed by atoms with van der Waals surface area (Å²) in [4.78, 5) is 2.26. The van der Waals surface area contributed by atoms with Crippen molar-refractivity contribution in [2.24, 2.45) is 0 Å². The first-order chi connectivity index (χ1) is 7.49. The minimum absolute atomic E-state index is 0.505. The topological polar surface area (TPSA) is 49.5 Å². The number of piperidine rings is 1. The van der Waals surface area contributed by atoms with Gasteiger partial charge in [-0.2, -0.15) is 0 Å². The molecule has 3 nitrogen and oxygen atoms in total. The van der Waals surface area contributed by atoms with Gasteiger partial charge in [0.25, 0.3) is 0 Å². The number of anilines is 2. The van der Waals surface area contributed by atoms with Crippen molar-refractivity contribution < 1.29 is 5.11 Å². The van der Waals surface area contributed by atoms with Gasteiger partial charge in [-0.3, -0.25) is 0 Å². The average molecular weight is 220 g/mol. The fraction of sp³-hybridized carbons (Fsp3) is 0.538. The van der Waals surface area contributed by atoms with Gasteiger partial charge in [0, 0.05) is 13.1 Å². The Labute approximate surface area is 96.9 Å². The number of hydrogen-bond acceptors (Lipinski definition) is 3. The van der Waals surface area contributed by atoms with Crippen LogP contribution in [-0.2, 0) is 0 Å². The Morgan fingerprint density at radius 3 is 2.56 bits per heavy atom. The molecule has 16 heavy (non-hydrogen) atoms. The highest BCUT2D eigenvalue weighted by Crippen LogP contribution is 2.31. The molecule has 88 valence electrons. The number of nitrogens with two attached hydrogens (primary N) is 1. The first kappa shape index (κ1) is 11.3. The predicted molar refractivity (Wildman–Crippen MR) is 67.7 cm³/mol. The van der Waals surface area contributed by atoms with E-state index in [0.29, 0.717) is 0 Å². The maximum atomic E-state index is 9.91. The Kier molecular flexibility index (Phi) is 2.80. The molecule has 0 aromatic heterocycles. The maximum Gasteiger partial charge on any atom is 0.0653 e. The lowest BCUT2D eigenvalue weighted by molar-refractivity contribution is 0.0351. The molecule has 0 atom stereocenters. The molecule has 1 aliphatic rings. The summed E-state index contributed by atoms with van der Waals surface area (Å²) < 4.78 is 0. The Hall–Kier alpha value is -1.22. The first-order valence-corrected chi connectivity index (χ1v) is 5.82. The Morgan fingerprint density at radius 1 is 1.31 bits per heavy atom. The van der Waals surface area contributed by atoms with Crippen molar-refractivity contribution in [3.05, 3.63) is 23.8 Å². The van der Waals surface area contributed by atoms with Crippen molar-refractivity contribution in [3.8, 4) is 0 Å². The third kappa shape index (κ3) is 2.14. The number of para-hydroxylation sites is 1. The zero-order valence-corrected chi connectivity index (χ0v) is 10.0. The van der Waals surface area contributed by atoms with Crippen LogP contribution in [0.25, 0.3) is 0 Å². The van der Waals surface area contributed by atoms with Crippen LogP contribution in [-0.4, -0.2) is 23.8 Å². The van der Waals surface area contributed by atoms with Crippen LogP contribution in [0.5, 0.6) is 0 Å². The van der Waals surface area contributed by atoms with E-state index in [1.54, 1.807) is 0 Å². The molecule has 3 N–H and O–H groups in total. The second-order valence-electron chi connectivity index (χ2n) is 4.99. The number of aryl methyl sites for hydroxylation is 1. The predicted octanol–water partition coefficient (Wildman–Crippen LogP) is 1.93. The van der Waals surface area contributed by atoms with E-state index in [2.05, 4.69) is 11.0 Å². The molecular weight excluding hydrogens is 200 g/mol. The maximum absolute atomic E-state index is 9.91. The lowest BCUT2D eigenvalue weighted by atomic mass is 9.93. The molecule has 0 saturated carbocycles. The highest BCUT2D eigenvalue weighted by atomic mass is 16.3. The van der Waals surface area contributed by atoms with E-state index in [1.165, 1.54) is 0 Å². The molecule has 1 saturated heterocycles. The van der Waals surface area contributed by atoms with Crippen LogP contribution in [0.1, 0.15) is 25.3 Å². The van der Waals surface area contributed by atoms with Gasteiger partial charge in [-0.05, 0) is 38.3 Å². The largest absolute Gasteiger partial charge is 0.397 e. The van der Waals surface area contributed by atoms with Crippen molar-refractivity contribution in [1.29, 1.82) is 0 Å². The summed E-state index contributed by atoms with van der Waals surface area (Å²) in [5, 5.41) is 9.91. The summed E-state index contributed by atoms with van der Waals surface area (Å²) in [5.74, 6) is 0. The normalized spacial score (nSPS) is 19.8. The highest BCUT2D eigenvalue weighted by Gasteiger charge is 2.28. The van der Waals surface area contributed by atoms with Gasteiger partial charge in [0.15, 0.2) is 0 Å². The molecule has 1 heterocycles. The average Bonchev–Trinajstić information content (AvgIpc) is 2.23. The zero-order chi connectivity index (χ0) is 11.8. The third-order valence-corrected chi connectivity index (χ3v) is 3.48. The van der Waals surface area contributed by atoms with Crippen LogP contribution >= 0.6 is 0 Å². The van der Waals surface area contributed by atoms with Crippen molar-refractivity contribution in [1.82, 2.24) is 0 Å². The molecule has 1 fully saturated rings. The van der Waals surface area contributed by atoms with Gasteiger partial charge in [0.2, 0.25) is 0 Å². The fourth-order valence-corrected chi connectivity index (χ4v) is 2.17. The van der Waals surface area contributed by atoms with Crippen LogP contribution in [0.2, 0.25) is 0 Å². The van der Waals surface area contributed by atoms with Crippen molar-refractivity contribution in [3.63, 3.8) is 0 Å². The first-order valence-electron chi connectivity index (χ1n) is 5.82. The second-order valence-corrected chi connectivity index (χ2v) is 4.99. The third-order valence-electron chi connectivity index (χ3n) is 3.48. The minimum atomic E-state index is -0.505. The molecular formula is C13H20N2O. The molecule has 0 radical (unpaired) electrons. The summed E-state index contributed by atoms with van der Waals surface area (Å²) in [5.41, 5.74) is 8.66. The number of nitrogen functional groups attached to an aromatic ring is 1. The monoisotopic (exact) mass is 220 g/mol. The molecule has 2 rings (SSSR count). The number of aliphatic hydroxyl groups is 1. The van der Waals surface area contributed by atoms with Gasteiger partial charge in [-0.25, -0.2) is 0 Å². The molecule has 0 unspecified atom stereocenters. The summed E-state index contributed by atoms with van der Waals surface area (Å²) in [6.07, 6.45) is 1.61. The molecule has 0 bridgehead atoms. The molecule has 0 amide bonds. The van der Waals surface area contributed by atoms with E-state index in [-0.39, 0.29) is 0 Å². The molecule has 0 spiro atoms. The van der Waals surface area contributed by atoms with Crippen LogP contribution in [0.4, 0.5) is 11.4 Å². The minimum Gasteiger partial charge on any atom is -0.397 e. The van der Waals surface area contributed by atoms with Crippen LogP contribution in [0.15, 0.2) is 18.2 Å². The van der Waals surface area contributed by atoms with Gasteiger partial charge in [-0.15, -0.1) is 0 Å². The zero-order valence-electron chi connectivity index (χ0n) is 10.0. The quantitative estimate of drug-likeness (QED) is 0.711. The van der Waals surface area contributed by atoms with E-state index >= 15 is 0 Å². The van der Waals surface area contributed by atoms with Gasteiger partial charge >= 0.3 is 0 Å². The number of hydrogen-bond donors (Lipinski definition) is 2. The molecule has 1 aliphatic heterocycles. The van der Waals surface area contributed by atoms with Gasteiger partial charge in [0.1, 0.15) is 0 Å². The summed E-state index contributed by atoms with van der Waals surface area (Å²) in [7, 11) is 0. The van der Waals surface area contributed by atoms with Crippen LogP contribution in [0.3, 0.4) is 0 Å². The standard InChI is InChI=1S/C13H20N2O/c1-10-4-3-5-11(12(10)14)15-8-6-13(2,16)7-9-15/h3-5,16H,6-9,14H2,1-2H3. The van der Waals surface area contributed by atoms with Gasteiger partial charge in [0.05, 0.1) is 17.0 Å². The van der Waals surface area contributed by atoms with Crippen LogP contribution < -0.4 is 10.6 Å². The molecule has 1 aromatic carbocycles. The summed E-state index contributed by atoms with van der Waals surface area (Å²) in [6, 6.07) is 6.12. The van der Waals surface area contributed by atoms with E-state index < -0.39 is 5.60 Å². The van der Waals surface area contributed by atoms with E-state index in [9.17, 15) is 5.11 Å². The number of benzene rings is 1. The van der Waals surface area contributed by atoms with E-state index in [0.717, 1.165) is 42.9 Å². The fourth-order valence-electron chi connectivity index (χ4n) is 2.17. The van der Waals surface area contributed by atoms with E-state index in [4.69, 9.17) is 5.73 Å². The Morgan fingerprint density at radius 2 is 1.94 bits per heavy atom. The van der Waals surface area contributed by atoms with E-state index in [1.807, 2.05) is 26.0 Å². The highest BCUT2D eigenvalue weighted by molar-refractivity contribution is 5.71. The van der Waals surface area contributed by atoms with Crippen molar-refractivity contribution >= 4 is 11.4 Å². The van der Waals surface area contributed by atoms with Gasteiger partial charge < -0.3 is 15.7 Å². The summed E-state index contributed by atoms with van der Waals surface area (Å²) >= 11 is 0. The van der Waals surface area contributed by atoms with Gasteiger partial charge in [-0.1, -0.05) is 12.1 Å². The smallest absolute Gasteiger partial charge is 0.0653 e. The van der Waals surface area contributed by atoms with Crippen LogP contribution in [0, 0.1) is 6.92 Å². The second kappa shape index (κ2) is 3.98. The Bertz CT molecular complexity index is 378. The molecule has 3 heteroatoms. The van der Waals surface area contributed by atoms with Crippen molar-refractivity contribution in [2.75, 3.05) is 23.7 Å². The lowest BCUT2D eigenvalue weighted by Crippen LogP contribution is -2.42. The SMILES string of the molecule is Cc1cccc(N2CCC(C)(O)CC2)c1N. The number of nitrogens with zero attached hydrogens (tertiary/aromatic N) is 1. The molecule has 1 aromatic rings. The Balaban J connectivity index is 2.17. The molecule has 0 aliphatic carbocycles. The number of rotatable bonds is 1. The lowest BCUT2D eigenvalue weighted by Gasteiger charge is -2.37.